The Balaban J connectivity index is 1.41. The van der Waals surface area contributed by atoms with Gasteiger partial charge in [-0.1, -0.05) is 30.4 Å². The van der Waals surface area contributed by atoms with Crippen LogP contribution in [-0.4, -0.2) is 46.7 Å². The van der Waals surface area contributed by atoms with Crippen LogP contribution < -0.4 is 20.5 Å². The molecule has 1 amide bonds. The number of anilines is 1. The number of carbonyl (C=O) groups is 1. The third-order valence-electron chi connectivity index (χ3n) is 5.38. The minimum atomic E-state index is -0.434. The fraction of sp³-hybridized carbons (Fsp3) is 0.455. The van der Waals surface area contributed by atoms with Gasteiger partial charge in [0.1, 0.15) is 11.3 Å². The Morgan fingerprint density at radius 3 is 2.87 bits per heavy atom. The highest BCUT2D eigenvalue weighted by molar-refractivity contribution is 7.20. The van der Waals surface area contributed by atoms with Gasteiger partial charge in [0.05, 0.1) is 6.61 Å². The molecule has 31 heavy (non-hydrogen) atoms. The van der Waals surface area contributed by atoms with Crippen molar-refractivity contribution in [3.8, 4) is 5.75 Å². The Bertz CT molecular complexity index is 1110. The van der Waals surface area contributed by atoms with E-state index < -0.39 is 11.5 Å². The van der Waals surface area contributed by atoms with E-state index in [4.69, 9.17) is 4.74 Å². The minimum absolute atomic E-state index is 0.00746. The lowest BCUT2D eigenvalue weighted by atomic mass is 10.0. The van der Waals surface area contributed by atoms with E-state index in [1.54, 1.807) is 0 Å². The molecule has 0 saturated carbocycles. The molecule has 0 bridgehead atoms. The summed E-state index contributed by atoms with van der Waals surface area (Å²) in [5, 5.41) is 8.05. The second-order valence-electron chi connectivity index (χ2n) is 7.83. The average Bonchev–Trinajstić information content (AvgIpc) is 3.21. The van der Waals surface area contributed by atoms with E-state index >= 15 is 0 Å². The van der Waals surface area contributed by atoms with Crippen molar-refractivity contribution >= 4 is 27.3 Å². The first-order chi connectivity index (χ1) is 15.0. The Hall–Kier alpha value is -2.94. The van der Waals surface area contributed by atoms with Crippen molar-refractivity contribution in [3.63, 3.8) is 0 Å². The number of piperidine rings is 1. The van der Waals surface area contributed by atoms with Gasteiger partial charge >= 0.3 is 0 Å². The molecule has 0 radical (unpaired) electrons. The van der Waals surface area contributed by atoms with Crippen LogP contribution in [0.1, 0.15) is 42.6 Å². The molecule has 0 spiro atoms. The van der Waals surface area contributed by atoms with Crippen molar-refractivity contribution in [2.45, 2.75) is 33.1 Å². The van der Waals surface area contributed by atoms with Crippen LogP contribution in [0.2, 0.25) is 0 Å². The van der Waals surface area contributed by atoms with Gasteiger partial charge in [-0.2, -0.15) is 4.52 Å². The van der Waals surface area contributed by atoms with E-state index in [0.717, 1.165) is 36.0 Å². The van der Waals surface area contributed by atoms with E-state index in [1.165, 1.54) is 28.5 Å². The zero-order chi connectivity index (χ0) is 21.8. The van der Waals surface area contributed by atoms with Gasteiger partial charge in [0.2, 0.25) is 10.1 Å². The Labute approximate surface area is 184 Å². The molecule has 3 aromatic rings. The Morgan fingerprint density at radius 1 is 1.32 bits per heavy atom. The first-order valence-corrected chi connectivity index (χ1v) is 11.5. The predicted molar refractivity (Wildman–Crippen MR) is 121 cm³/mol. The maximum atomic E-state index is 12.8. The van der Waals surface area contributed by atoms with Crippen LogP contribution in [-0.2, 0) is 6.42 Å². The van der Waals surface area contributed by atoms with Crippen molar-refractivity contribution in [2.24, 2.45) is 5.92 Å². The molecule has 1 saturated heterocycles. The van der Waals surface area contributed by atoms with Crippen LogP contribution in [0, 0.1) is 5.92 Å². The van der Waals surface area contributed by atoms with Crippen LogP contribution in [0.25, 0.3) is 4.96 Å². The molecular weight excluding hydrogens is 414 g/mol. The van der Waals surface area contributed by atoms with Crippen LogP contribution in [0.4, 0.5) is 5.13 Å². The van der Waals surface area contributed by atoms with Gasteiger partial charge < -0.3 is 15.0 Å². The molecule has 0 unspecified atom stereocenters. The van der Waals surface area contributed by atoms with Gasteiger partial charge in [0.25, 0.3) is 11.5 Å². The lowest BCUT2D eigenvalue weighted by Gasteiger charge is -2.30. The molecule has 8 nitrogen and oxygen atoms in total. The number of carbonyl (C=O) groups excluding carboxylic acids is 1. The highest BCUT2D eigenvalue weighted by atomic mass is 32.1. The molecule has 9 heteroatoms. The number of nitrogens with zero attached hydrogens (tertiary/aromatic N) is 4. The molecule has 3 heterocycles. The summed E-state index contributed by atoms with van der Waals surface area (Å²) < 4.78 is 6.68. The smallest absolute Gasteiger partial charge is 0.288 e. The lowest BCUT2D eigenvalue weighted by Crippen LogP contribution is -2.35. The van der Waals surface area contributed by atoms with E-state index in [-0.39, 0.29) is 5.56 Å². The number of fused-ring (bicyclic) bond motifs is 1. The number of nitrogens with one attached hydrogen (secondary N) is 1. The predicted octanol–water partition coefficient (Wildman–Crippen LogP) is 2.76. The number of rotatable bonds is 7. The zero-order valence-corrected chi connectivity index (χ0v) is 18.7. The topological polar surface area (TPSA) is 88.8 Å². The lowest BCUT2D eigenvalue weighted by molar-refractivity contribution is 0.0952. The van der Waals surface area contributed by atoms with E-state index in [1.807, 2.05) is 31.2 Å². The highest BCUT2D eigenvalue weighted by Crippen LogP contribution is 2.26. The SMILES string of the molecule is CCOc1ccc(CCNC(=O)c2cnc3sc(N4CCC[C@@H](C)C4)nn3c2=O)cc1. The number of aromatic nitrogens is 3. The molecule has 1 atom stereocenters. The fourth-order valence-electron chi connectivity index (χ4n) is 3.76. The van der Waals surface area contributed by atoms with Crippen LogP contribution in [0.15, 0.2) is 35.3 Å². The summed E-state index contributed by atoms with van der Waals surface area (Å²) >= 11 is 1.38. The zero-order valence-electron chi connectivity index (χ0n) is 17.8. The highest BCUT2D eigenvalue weighted by Gasteiger charge is 2.22. The number of hydrogen-bond donors (Lipinski definition) is 1. The third kappa shape index (κ3) is 4.87. The Kier molecular flexibility index (Phi) is 6.50. The molecule has 4 rings (SSSR count). The van der Waals surface area contributed by atoms with Crippen molar-refractivity contribution < 1.29 is 9.53 Å². The standard InChI is InChI=1S/C22H27N5O3S/c1-3-30-17-8-6-16(7-9-17)10-11-23-19(28)18-13-24-21-27(20(18)29)25-22(31-21)26-12-4-5-15(2)14-26/h6-9,13,15H,3-5,10-12,14H2,1-2H3,(H,23,28)/t15-/m1/s1. The van der Waals surface area contributed by atoms with Gasteiger partial charge in [-0.3, -0.25) is 9.59 Å². The van der Waals surface area contributed by atoms with Gasteiger partial charge in [-0.15, -0.1) is 5.10 Å². The maximum Gasteiger partial charge on any atom is 0.288 e. The fourth-order valence-corrected chi connectivity index (χ4v) is 4.65. The second-order valence-corrected chi connectivity index (χ2v) is 8.77. The summed E-state index contributed by atoms with van der Waals surface area (Å²) in [5.74, 6) is 0.991. The van der Waals surface area contributed by atoms with Gasteiger partial charge in [0, 0.05) is 25.8 Å². The monoisotopic (exact) mass is 441 g/mol. The van der Waals surface area contributed by atoms with E-state index in [9.17, 15) is 9.59 Å². The summed E-state index contributed by atoms with van der Waals surface area (Å²) in [6, 6.07) is 7.76. The summed E-state index contributed by atoms with van der Waals surface area (Å²) in [5.41, 5.74) is 0.651. The molecule has 1 aliphatic rings. The van der Waals surface area contributed by atoms with Crippen LogP contribution in [0.5, 0.6) is 5.75 Å². The van der Waals surface area contributed by atoms with E-state index in [2.05, 4.69) is 27.2 Å². The molecule has 0 aliphatic carbocycles. The summed E-state index contributed by atoms with van der Waals surface area (Å²) in [6.45, 7) is 7.06. The van der Waals surface area contributed by atoms with Crippen LogP contribution in [0.3, 0.4) is 0 Å². The van der Waals surface area contributed by atoms with E-state index in [0.29, 0.717) is 30.5 Å². The van der Waals surface area contributed by atoms with Crippen molar-refractivity contribution in [1.29, 1.82) is 0 Å². The maximum absolute atomic E-state index is 12.8. The number of amides is 1. The second kappa shape index (κ2) is 9.47. The molecule has 1 aromatic carbocycles. The molecular formula is C22H27N5O3S. The number of benzene rings is 1. The van der Waals surface area contributed by atoms with Crippen LogP contribution >= 0.6 is 11.3 Å². The largest absolute Gasteiger partial charge is 0.494 e. The first-order valence-electron chi connectivity index (χ1n) is 10.7. The molecule has 164 valence electrons. The number of ether oxygens (including phenoxy) is 1. The summed E-state index contributed by atoms with van der Waals surface area (Å²) in [6.07, 6.45) is 4.33. The molecule has 1 aliphatic heterocycles. The minimum Gasteiger partial charge on any atom is -0.494 e. The normalized spacial score (nSPS) is 16.5. The summed E-state index contributed by atoms with van der Waals surface area (Å²) in [4.78, 5) is 32.4. The van der Waals surface area contributed by atoms with Crippen molar-refractivity contribution in [3.05, 3.63) is 51.9 Å². The van der Waals surface area contributed by atoms with Gasteiger partial charge in [0.15, 0.2) is 0 Å². The quantitative estimate of drug-likeness (QED) is 0.607. The van der Waals surface area contributed by atoms with Crippen molar-refractivity contribution in [1.82, 2.24) is 19.9 Å². The molecule has 1 N–H and O–H groups in total. The van der Waals surface area contributed by atoms with Gasteiger partial charge in [-0.25, -0.2) is 4.98 Å². The van der Waals surface area contributed by atoms with Crippen molar-refractivity contribution in [2.75, 3.05) is 31.1 Å². The molecule has 2 aromatic heterocycles. The van der Waals surface area contributed by atoms with Gasteiger partial charge in [-0.05, 0) is 49.8 Å². The number of hydrogen-bond acceptors (Lipinski definition) is 7. The average molecular weight is 442 g/mol. The first kappa shape index (κ1) is 21.3. The summed E-state index contributed by atoms with van der Waals surface area (Å²) in [7, 11) is 0. The molecule has 1 fully saturated rings. The third-order valence-corrected chi connectivity index (χ3v) is 6.37. The Morgan fingerprint density at radius 2 is 2.13 bits per heavy atom.